The topological polar surface area (TPSA) is 95.7 Å². The van der Waals surface area contributed by atoms with Crippen molar-refractivity contribution in [2.75, 3.05) is 18.0 Å². The van der Waals surface area contributed by atoms with E-state index in [0.29, 0.717) is 41.2 Å². The Morgan fingerprint density at radius 1 is 1.00 bits per heavy atom. The SMILES string of the molecule is CCN(CC)c1ccc(/C=N/c2oc(-c3ccccc3)c(-c3ccccc3)c2C#N)cc1[N+](=O)[O-]. The van der Waals surface area contributed by atoms with E-state index in [9.17, 15) is 15.4 Å². The monoisotopic (exact) mass is 464 g/mol. The van der Waals surface area contributed by atoms with Gasteiger partial charge in [-0.25, -0.2) is 4.99 Å². The molecule has 0 unspecified atom stereocenters. The number of anilines is 1. The van der Waals surface area contributed by atoms with Gasteiger partial charge in [0.05, 0.1) is 4.92 Å². The van der Waals surface area contributed by atoms with Gasteiger partial charge < -0.3 is 9.32 Å². The molecular formula is C28H24N4O3. The van der Waals surface area contributed by atoms with Gasteiger partial charge in [0.15, 0.2) is 0 Å². The van der Waals surface area contributed by atoms with E-state index in [0.717, 1.165) is 11.1 Å². The van der Waals surface area contributed by atoms with Crippen molar-refractivity contribution in [1.82, 2.24) is 0 Å². The minimum absolute atomic E-state index is 0.00699. The quantitative estimate of drug-likeness (QED) is 0.159. The number of hydrogen-bond donors (Lipinski definition) is 0. The predicted octanol–water partition coefficient (Wildman–Crippen LogP) is 6.99. The smallest absolute Gasteiger partial charge is 0.293 e. The zero-order valence-electron chi connectivity index (χ0n) is 19.5. The molecule has 3 aromatic carbocycles. The van der Waals surface area contributed by atoms with Crippen LogP contribution >= 0.6 is 0 Å². The first-order valence-corrected chi connectivity index (χ1v) is 11.3. The molecule has 0 fully saturated rings. The highest BCUT2D eigenvalue weighted by Crippen LogP contribution is 2.42. The minimum Gasteiger partial charge on any atom is -0.436 e. The zero-order valence-corrected chi connectivity index (χ0v) is 19.5. The number of nitro groups is 1. The van der Waals surface area contributed by atoms with Crippen molar-refractivity contribution in [3.8, 4) is 28.5 Å². The Labute approximate surface area is 203 Å². The highest BCUT2D eigenvalue weighted by atomic mass is 16.6. The van der Waals surface area contributed by atoms with Crippen molar-refractivity contribution in [3.05, 3.63) is 100 Å². The molecule has 0 bridgehead atoms. The standard InChI is InChI=1S/C28H24N4O3/c1-3-31(4-2)24-16-15-20(17-25(24)32(33)34)19-30-28-23(18-29)26(21-11-7-5-8-12-21)27(35-28)22-13-9-6-10-14-22/h5-17,19H,3-4H2,1-2H3/b30-19+. The predicted molar refractivity (Wildman–Crippen MR) is 138 cm³/mol. The fourth-order valence-corrected chi connectivity index (χ4v) is 4.02. The second-order valence-electron chi connectivity index (χ2n) is 7.77. The molecular weight excluding hydrogens is 440 g/mol. The third-order valence-corrected chi connectivity index (χ3v) is 5.73. The van der Waals surface area contributed by atoms with E-state index in [1.165, 1.54) is 12.3 Å². The van der Waals surface area contributed by atoms with Gasteiger partial charge in [0.2, 0.25) is 5.88 Å². The Bertz CT molecular complexity index is 1400. The lowest BCUT2D eigenvalue weighted by Crippen LogP contribution is -2.22. The van der Waals surface area contributed by atoms with Gasteiger partial charge in [0.1, 0.15) is 23.1 Å². The summed E-state index contributed by atoms with van der Waals surface area (Å²) in [5.41, 5.74) is 3.74. The van der Waals surface area contributed by atoms with Crippen LogP contribution in [0.5, 0.6) is 0 Å². The fourth-order valence-electron chi connectivity index (χ4n) is 4.02. The van der Waals surface area contributed by atoms with Crippen LogP contribution in [0.2, 0.25) is 0 Å². The van der Waals surface area contributed by atoms with E-state index < -0.39 is 0 Å². The van der Waals surface area contributed by atoms with Gasteiger partial charge in [-0.15, -0.1) is 0 Å². The first-order valence-electron chi connectivity index (χ1n) is 11.3. The van der Waals surface area contributed by atoms with Crippen LogP contribution in [0.25, 0.3) is 22.5 Å². The summed E-state index contributed by atoms with van der Waals surface area (Å²) in [5.74, 6) is 0.698. The molecule has 0 aliphatic heterocycles. The number of hydrogen-bond acceptors (Lipinski definition) is 6. The van der Waals surface area contributed by atoms with Crippen LogP contribution in [0.1, 0.15) is 25.0 Å². The lowest BCUT2D eigenvalue weighted by atomic mass is 9.98. The maximum Gasteiger partial charge on any atom is 0.293 e. The summed E-state index contributed by atoms with van der Waals surface area (Å²) in [5, 5.41) is 21.7. The molecule has 0 aliphatic carbocycles. The summed E-state index contributed by atoms with van der Waals surface area (Å²) < 4.78 is 6.11. The van der Waals surface area contributed by atoms with Crippen LogP contribution in [0.4, 0.5) is 17.3 Å². The Balaban J connectivity index is 1.81. The van der Waals surface area contributed by atoms with E-state index in [-0.39, 0.29) is 16.5 Å². The van der Waals surface area contributed by atoms with Crippen molar-refractivity contribution in [1.29, 1.82) is 5.26 Å². The van der Waals surface area contributed by atoms with Crippen LogP contribution in [-0.2, 0) is 0 Å². The van der Waals surface area contributed by atoms with Crippen molar-refractivity contribution in [2.24, 2.45) is 4.99 Å². The molecule has 1 heterocycles. The lowest BCUT2D eigenvalue weighted by Gasteiger charge is -2.20. The van der Waals surface area contributed by atoms with Crippen molar-refractivity contribution >= 4 is 23.5 Å². The lowest BCUT2D eigenvalue weighted by molar-refractivity contribution is -0.384. The zero-order chi connectivity index (χ0) is 24.8. The highest BCUT2D eigenvalue weighted by Gasteiger charge is 2.23. The third-order valence-electron chi connectivity index (χ3n) is 5.73. The number of benzene rings is 3. The second kappa shape index (κ2) is 10.5. The summed E-state index contributed by atoms with van der Waals surface area (Å²) in [6, 6.07) is 26.3. The first-order chi connectivity index (χ1) is 17.1. The van der Waals surface area contributed by atoms with Gasteiger partial charge in [-0.05, 0) is 31.0 Å². The van der Waals surface area contributed by atoms with Crippen LogP contribution < -0.4 is 4.90 Å². The molecule has 0 spiro atoms. The number of nitro benzene ring substituents is 1. The molecule has 1 aromatic heterocycles. The van der Waals surface area contributed by atoms with Crippen LogP contribution in [0.3, 0.4) is 0 Å². The summed E-state index contributed by atoms with van der Waals surface area (Å²) in [6.45, 7) is 5.23. The number of furan rings is 1. The average molecular weight is 465 g/mol. The Morgan fingerprint density at radius 3 is 2.20 bits per heavy atom. The van der Waals surface area contributed by atoms with Gasteiger partial charge >= 0.3 is 0 Å². The maximum absolute atomic E-state index is 11.7. The summed E-state index contributed by atoms with van der Waals surface area (Å²) >= 11 is 0. The van der Waals surface area contributed by atoms with Gasteiger partial charge in [-0.3, -0.25) is 10.1 Å². The van der Waals surface area contributed by atoms with Crippen LogP contribution in [0, 0.1) is 21.4 Å². The molecule has 174 valence electrons. The van der Waals surface area contributed by atoms with E-state index in [4.69, 9.17) is 4.42 Å². The molecule has 4 rings (SSSR count). The Hall–Kier alpha value is -4.70. The summed E-state index contributed by atoms with van der Waals surface area (Å²) in [4.78, 5) is 17.7. The van der Waals surface area contributed by atoms with Gasteiger partial charge in [0, 0.05) is 36.5 Å². The van der Waals surface area contributed by atoms with Crippen molar-refractivity contribution in [3.63, 3.8) is 0 Å². The molecule has 7 heteroatoms. The molecule has 7 nitrogen and oxygen atoms in total. The minimum atomic E-state index is -0.389. The maximum atomic E-state index is 11.7. The van der Waals surface area contributed by atoms with Gasteiger partial charge in [-0.1, -0.05) is 66.7 Å². The Kier molecular flexibility index (Phi) is 7.03. The van der Waals surface area contributed by atoms with Crippen LogP contribution in [0.15, 0.2) is 88.3 Å². The van der Waals surface area contributed by atoms with E-state index in [2.05, 4.69) is 11.1 Å². The van der Waals surface area contributed by atoms with Gasteiger partial charge in [0.25, 0.3) is 5.69 Å². The number of nitrogens with zero attached hydrogens (tertiary/aromatic N) is 4. The average Bonchev–Trinajstić information content (AvgIpc) is 3.28. The molecule has 0 radical (unpaired) electrons. The molecule has 0 saturated carbocycles. The number of rotatable bonds is 8. The van der Waals surface area contributed by atoms with E-state index in [1.807, 2.05) is 79.4 Å². The normalized spacial score (nSPS) is 10.9. The van der Waals surface area contributed by atoms with Crippen LogP contribution in [-0.4, -0.2) is 24.2 Å². The molecule has 4 aromatic rings. The number of nitriles is 1. The van der Waals surface area contributed by atoms with Crippen molar-refractivity contribution in [2.45, 2.75) is 13.8 Å². The number of aliphatic imine (C=N–C) groups is 1. The molecule has 0 atom stereocenters. The largest absolute Gasteiger partial charge is 0.436 e. The van der Waals surface area contributed by atoms with Crippen molar-refractivity contribution < 1.29 is 9.34 Å². The molecule has 35 heavy (non-hydrogen) atoms. The Morgan fingerprint density at radius 2 is 1.63 bits per heavy atom. The third kappa shape index (κ3) is 4.82. The molecule has 0 N–H and O–H groups in total. The fraction of sp³-hybridized carbons (Fsp3) is 0.143. The van der Waals surface area contributed by atoms with E-state index >= 15 is 0 Å². The molecule has 0 amide bonds. The second-order valence-corrected chi connectivity index (χ2v) is 7.77. The molecule has 0 aliphatic rings. The highest BCUT2D eigenvalue weighted by molar-refractivity contribution is 5.90. The molecule has 0 saturated heterocycles. The summed E-state index contributed by atoms with van der Waals surface area (Å²) in [7, 11) is 0. The first kappa shape index (κ1) is 23.5. The van der Waals surface area contributed by atoms with Gasteiger partial charge in [-0.2, -0.15) is 5.26 Å². The summed E-state index contributed by atoms with van der Waals surface area (Å²) in [6.07, 6.45) is 1.49. The van der Waals surface area contributed by atoms with E-state index in [1.54, 1.807) is 12.1 Å².